The molecule has 3 rings (SSSR count). The van der Waals surface area contributed by atoms with E-state index in [0.29, 0.717) is 4.83 Å². The van der Waals surface area contributed by atoms with E-state index >= 15 is 0 Å². The first kappa shape index (κ1) is 11.7. The maximum absolute atomic E-state index is 4.41. The minimum absolute atomic E-state index is 0.613. The van der Waals surface area contributed by atoms with Gasteiger partial charge in [0.05, 0.1) is 0 Å². The third kappa shape index (κ3) is 2.73. The molecule has 2 saturated carbocycles. The summed E-state index contributed by atoms with van der Waals surface area (Å²) in [5, 5.41) is 0. The van der Waals surface area contributed by atoms with Crippen LogP contribution in [0.1, 0.15) is 37.8 Å². The van der Waals surface area contributed by atoms with Crippen LogP contribution in [0.3, 0.4) is 0 Å². The van der Waals surface area contributed by atoms with Crippen molar-refractivity contribution in [3.63, 3.8) is 0 Å². The average Bonchev–Trinajstić information content (AvgIpc) is 2.92. The Labute approximate surface area is 112 Å². The lowest BCUT2D eigenvalue weighted by atomic mass is 9.85. The molecular weight excluding hydrogens is 274 g/mol. The van der Waals surface area contributed by atoms with Crippen LogP contribution in [0.15, 0.2) is 24.4 Å². The minimum atomic E-state index is 0.613. The number of halogens is 1. The van der Waals surface area contributed by atoms with E-state index in [1.165, 1.54) is 37.8 Å². The molecule has 1 aromatic rings. The summed E-state index contributed by atoms with van der Waals surface area (Å²) in [5.41, 5.74) is 1.22. The van der Waals surface area contributed by atoms with Gasteiger partial charge < -0.3 is 0 Å². The molecular formula is C15H20BrN. The second kappa shape index (κ2) is 5.09. The van der Waals surface area contributed by atoms with Gasteiger partial charge in [-0.05, 0) is 55.6 Å². The lowest BCUT2D eigenvalue weighted by Gasteiger charge is -2.23. The number of nitrogens with zero attached hydrogens (tertiary/aromatic N) is 1. The number of aromatic nitrogens is 1. The van der Waals surface area contributed by atoms with Crippen LogP contribution in [-0.2, 0) is 6.42 Å². The summed E-state index contributed by atoms with van der Waals surface area (Å²) in [6, 6.07) is 6.21. The van der Waals surface area contributed by atoms with Gasteiger partial charge in [-0.25, -0.2) is 0 Å². The third-order valence-corrected chi connectivity index (χ3v) is 5.30. The van der Waals surface area contributed by atoms with Gasteiger partial charge >= 0.3 is 0 Å². The van der Waals surface area contributed by atoms with E-state index in [2.05, 4.69) is 33.0 Å². The largest absolute Gasteiger partial charge is 0.261 e. The van der Waals surface area contributed by atoms with Crippen LogP contribution in [0.5, 0.6) is 0 Å². The van der Waals surface area contributed by atoms with Crippen molar-refractivity contribution >= 4 is 15.9 Å². The summed E-state index contributed by atoms with van der Waals surface area (Å²) in [6.07, 6.45) is 10.3. The van der Waals surface area contributed by atoms with E-state index in [9.17, 15) is 0 Å². The van der Waals surface area contributed by atoms with Crippen molar-refractivity contribution in [3.8, 4) is 0 Å². The fourth-order valence-electron chi connectivity index (χ4n) is 3.82. The molecule has 2 bridgehead atoms. The molecule has 17 heavy (non-hydrogen) atoms. The van der Waals surface area contributed by atoms with Crippen molar-refractivity contribution < 1.29 is 0 Å². The zero-order chi connectivity index (χ0) is 11.7. The van der Waals surface area contributed by atoms with Crippen molar-refractivity contribution in [2.75, 3.05) is 0 Å². The number of rotatable bonds is 4. The van der Waals surface area contributed by atoms with Crippen molar-refractivity contribution in [2.45, 2.75) is 43.4 Å². The fraction of sp³-hybridized carbons (Fsp3) is 0.667. The highest BCUT2D eigenvalue weighted by molar-refractivity contribution is 9.09. The van der Waals surface area contributed by atoms with Crippen LogP contribution in [0.25, 0.3) is 0 Å². The molecule has 4 atom stereocenters. The third-order valence-electron chi connectivity index (χ3n) is 4.60. The Hall–Kier alpha value is -0.370. The van der Waals surface area contributed by atoms with Crippen LogP contribution in [0.4, 0.5) is 0 Å². The predicted octanol–water partition coefficient (Wildman–Crippen LogP) is 4.21. The lowest BCUT2D eigenvalue weighted by Crippen LogP contribution is -2.16. The minimum Gasteiger partial charge on any atom is -0.261 e. The second-order valence-electron chi connectivity index (χ2n) is 5.79. The number of fused-ring (bicyclic) bond motifs is 2. The Morgan fingerprint density at radius 3 is 2.88 bits per heavy atom. The molecule has 92 valence electrons. The van der Waals surface area contributed by atoms with Gasteiger partial charge in [0.1, 0.15) is 0 Å². The Bertz CT molecular complexity index is 364. The Balaban J connectivity index is 1.52. The van der Waals surface area contributed by atoms with Crippen LogP contribution in [0, 0.1) is 17.8 Å². The van der Waals surface area contributed by atoms with Gasteiger partial charge in [-0.2, -0.15) is 0 Å². The van der Waals surface area contributed by atoms with E-state index in [0.717, 1.165) is 24.2 Å². The quantitative estimate of drug-likeness (QED) is 0.758. The molecule has 0 aliphatic heterocycles. The van der Waals surface area contributed by atoms with Gasteiger partial charge in [0.25, 0.3) is 0 Å². The monoisotopic (exact) mass is 293 g/mol. The van der Waals surface area contributed by atoms with Crippen molar-refractivity contribution in [3.05, 3.63) is 30.1 Å². The van der Waals surface area contributed by atoms with E-state index < -0.39 is 0 Å². The summed E-state index contributed by atoms with van der Waals surface area (Å²) >= 11 is 3.86. The van der Waals surface area contributed by atoms with Gasteiger partial charge in [0.15, 0.2) is 0 Å². The van der Waals surface area contributed by atoms with Gasteiger partial charge in [-0.1, -0.05) is 28.4 Å². The first-order valence-corrected chi connectivity index (χ1v) is 7.77. The summed E-state index contributed by atoms with van der Waals surface area (Å²) < 4.78 is 0. The predicted molar refractivity (Wildman–Crippen MR) is 74.2 cm³/mol. The second-order valence-corrected chi connectivity index (χ2v) is 7.09. The van der Waals surface area contributed by atoms with Crippen LogP contribution >= 0.6 is 15.9 Å². The molecule has 2 aliphatic carbocycles. The van der Waals surface area contributed by atoms with E-state index in [1.807, 2.05) is 12.3 Å². The standard InChI is InChI=1S/C15H20BrN/c16-14(10-15-3-1-2-6-17-15)9-13-8-11-4-5-12(13)7-11/h1-3,6,11-14H,4-5,7-10H2. The van der Waals surface area contributed by atoms with Crippen molar-refractivity contribution in [2.24, 2.45) is 17.8 Å². The number of pyridine rings is 1. The van der Waals surface area contributed by atoms with Gasteiger partial charge in [0, 0.05) is 23.1 Å². The summed E-state index contributed by atoms with van der Waals surface area (Å²) in [4.78, 5) is 5.02. The Morgan fingerprint density at radius 1 is 1.29 bits per heavy atom. The Morgan fingerprint density at radius 2 is 2.24 bits per heavy atom. The highest BCUT2D eigenvalue weighted by Gasteiger charge is 2.39. The zero-order valence-corrected chi connectivity index (χ0v) is 11.8. The zero-order valence-electron chi connectivity index (χ0n) is 10.2. The molecule has 1 heterocycles. The van der Waals surface area contributed by atoms with Crippen molar-refractivity contribution in [1.29, 1.82) is 0 Å². The molecule has 0 spiro atoms. The average molecular weight is 294 g/mol. The molecule has 2 fully saturated rings. The SMILES string of the molecule is BrC(Cc1ccccn1)CC1CC2CCC1C2. The molecule has 0 amide bonds. The molecule has 4 unspecified atom stereocenters. The van der Waals surface area contributed by atoms with Gasteiger partial charge in [-0.3, -0.25) is 4.98 Å². The molecule has 1 aromatic heterocycles. The van der Waals surface area contributed by atoms with Crippen LogP contribution in [0.2, 0.25) is 0 Å². The summed E-state index contributed by atoms with van der Waals surface area (Å²) in [5.74, 6) is 3.10. The smallest absolute Gasteiger partial charge is 0.0414 e. The number of alkyl halides is 1. The van der Waals surface area contributed by atoms with Crippen LogP contribution < -0.4 is 0 Å². The molecule has 2 heteroatoms. The maximum Gasteiger partial charge on any atom is 0.0414 e. The topological polar surface area (TPSA) is 12.9 Å². The Kier molecular flexibility index (Phi) is 3.51. The summed E-state index contributed by atoms with van der Waals surface area (Å²) in [7, 11) is 0. The molecule has 0 radical (unpaired) electrons. The lowest BCUT2D eigenvalue weighted by molar-refractivity contribution is 0.312. The van der Waals surface area contributed by atoms with E-state index in [1.54, 1.807) is 0 Å². The van der Waals surface area contributed by atoms with Crippen LogP contribution in [-0.4, -0.2) is 9.81 Å². The highest BCUT2D eigenvalue weighted by Crippen LogP contribution is 2.50. The van der Waals surface area contributed by atoms with E-state index in [4.69, 9.17) is 0 Å². The normalized spacial score (nSPS) is 32.9. The van der Waals surface area contributed by atoms with Crippen molar-refractivity contribution in [1.82, 2.24) is 4.98 Å². The number of hydrogen-bond acceptors (Lipinski definition) is 1. The van der Waals surface area contributed by atoms with Gasteiger partial charge in [-0.15, -0.1) is 0 Å². The molecule has 2 aliphatic rings. The molecule has 0 saturated heterocycles. The maximum atomic E-state index is 4.41. The first-order chi connectivity index (χ1) is 8.31. The number of hydrogen-bond donors (Lipinski definition) is 0. The molecule has 1 nitrogen and oxygen atoms in total. The van der Waals surface area contributed by atoms with E-state index in [-0.39, 0.29) is 0 Å². The fourth-order valence-corrected chi connectivity index (χ4v) is 4.63. The van der Waals surface area contributed by atoms with Gasteiger partial charge in [0.2, 0.25) is 0 Å². The molecule has 0 N–H and O–H groups in total. The molecule has 0 aromatic carbocycles. The summed E-state index contributed by atoms with van der Waals surface area (Å²) in [6.45, 7) is 0. The first-order valence-electron chi connectivity index (χ1n) is 6.85. The highest BCUT2D eigenvalue weighted by atomic mass is 79.9.